The Balaban J connectivity index is 1.43. The zero-order valence-electron chi connectivity index (χ0n) is 16.1. The van der Waals surface area contributed by atoms with Crippen LogP contribution in [0.4, 0.5) is 13.2 Å². The Hall–Kier alpha value is -3.75. The zero-order chi connectivity index (χ0) is 21.6. The van der Waals surface area contributed by atoms with Crippen LogP contribution in [0.15, 0.2) is 94.0 Å². The van der Waals surface area contributed by atoms with Crippen LogP contribution in [-0.4, -0.2) is 16.6 Å². The molecule has 1 unspecified atom stereocenters. The number of nitrogens with zero attached hydrogens (tertiary/aromatic N) is 3. The number of benzene rings is 2. The molecule has 1 aliphatic carbocycles. The van der Waals surface area contributed by atoms with E-state index < -0.39 is 17.5 Å². The molecule has 2 aliphatic heterocycles. The van der Waals surface area contributed by atoms with E-state index in [1.165, 1.54) is 0 Å². The molecule has 2 aromatic rings. The molecule has 1 atom stereocenters. The van der Waals surface area contributed by atoms with Gasteiger partial charge in [0.05, 0.1) is 18.0 Å². The number of halogens is 3. The van der Waals surface area contributed by atoms with Crippen LogP contribution in [0.5, 0.6) is 5.75 Å². The Morgan fingerprint density at radius 1 is 1.06 bits per heavy atom. The summed E-state index contributed by atoms with van der Waals surface area (Å²) in [5.41, 5.74) is 3.35. The van der Waals surface area contributed by atoms with Crippen molar-refractivity contribution < 1.29 is 22.5 Å². The zero-order valence-corrected chi connectivity index (χ0v) is 16.1. The van der Waals surface area contributed by atoms with E-state index in [1.807, 2.05) is 24.3 Å². The maximum atomic E-state index is 13.4. The van der Waals surface area contributed by atoms with Gasteiger partial charge in [-0.25, -0.2) is 13.2 Å². The van der Waals surface area contributed by atoms with Gasteiger partial charge < -0.3 is 4.74 Å². The highest BCUT2D eigenvalue weighted by molar-refractivity contribution is 6.01. The van der Waals surface area contributed by atoms with Crippen molar-refractivity contribution in [3.8, 4) is 5.75 Å². The molecular weight excluding hydrogens is 405 g/mol. The molecule has 0 aromatic heterocycles. The largest absolute Gasteiger partial charge is 0.489 e. The van der Waals surface area contributed by atoms with Gasteiger partial charge in [-0.2, -0.15) is 10.8 Å². The molecule has 154 valence electrons. The van der Waals surface area contributed by atoms with Crippen LogP contribution in [0.25, 0.3) is 0 Å². The number of aliphatic imine (C=N–C) groups is 2. The van der Waals surface area contributed by atoms with Gasteiger partial charge in [-0.3, -0.25) is 4.99 Å². The van der Waals surface area contributed by atoms with E-state index in [2.05, 4.69) is 4.99 Å². The maximum Gasteiger partial charge on any atom is 0.265 e. The van der Waals surface area contributed by atoms with Crippen molar-refractivity contribution in [2.75, 3.05) is 0 Å². The smallest absolute Gasteiger partial charge is 0.265 e. The minimum absolute atomic E-state index is 0.133. The molecule has 0 saturated carbocycles. The lowest BCUT2D eigenvalue weighted by atomic mass is 10.0. The highest BCUT2D eigenvalue weighted by atomic mass is 19.2. The van der Waals surface area contributed by atoms with E-state index in [1.54, 1.807) is 36.8 Å². The SMILES string of the molecule is N[N+]12C=CN=CC1=C(C1=CC=C1)N=C2c1cccc(OCc2cc(F)c(F)c(F)c2)c1. The van der Waals surface area contributed by atoms with Crippen LogP contribution in [0.2, 0.25) is 0 Å². The second-order valence-electron chi connectivity index (χ2n) is 7.19. The van der Waals surface area contributed by atoms with Crippen molar-refractivity contribution in [2.45, 2.75) is 6.61 Å². The number of allylic oxidation sites excluding steroid dienone is 4. The molecule has 5 nitrogen and oxygen atoms in total. The van der Waals surface area contributed by atoms with Gasteiger partial charge in [0.25, 0.3) is 5.84 Å². The lowest BCUT2D eigenvalue weighted by Gasteiger charge is -2.26. The average molecular weight is 421 g/mol. The molecule has 0 amide bonds. The van der Waals surface area contributed by atoms with E-state index in [9.17, 15) is 13.2 Å². The van der Waals surface area contributed by atoms with Crippen molar-refractivity contribution in [3.63, 3.8) is 0 Å². The van der Waals surface area contributed by atoms with Crippen LogP contribution in [0, 0.1) is 17.5 Å². The van der Waals surface area contributed by atoms with Crippen molar-refractivity contribution in [2.24, 2.45) is 15.8 Å². The molecule has 0 fully saturated rings. The first-order valence-corrected chi connectivity index (χ1v) is 9.43. The fourth-order valence-corrected chi connectivity index (χ4v) is 3.52. The van der Waals surface area contributed by atoms with Crippen LogP contribution in [0.3, 0.4) is 0 Å². The van der Waals surface area contributed by atoms with E-state index >= 15 is 0 Å². The van der Waals surface area contributed by atoms with Crippen molar-refractivity contribution in [1.29, 1.82) is 0 Å². The normalized spacial score (nSPS) is 21.0. The van der Waals surface area contributed by atoms with Gasteiger partial charge in [-0.05, 0) is 35.9 Å². The van der Waals surface area contributed by atoms with E-state index in [0.29, 0.717) is 17.1 Å². The van der Waals surface area contributed by atoms with Crippen LogP contribution in [-0.2, 0) is 6.61 Å². The van der Waals surface area contributed by atoms with Gasteiger partial charge in [0.15, 0.2) is 17.5 Å². The van der Waals surface area contributed by atoms with E-state index in [4.69, 9.17) is 15.6 Å². The fourth-order valence-electron chi connectivity index (χ4n) is 3.52. The predicted molar refractivity (Wildman–Crippen MR) is 110 cm³/mol. The van der Waals surface area contributed by atoms with Crippen LogP contribution in [0.1, 0.15) is 11.1 Å². The second kappa shape index (κ2) is 7.19. The average Bonchev–Trinajstić information content (AvgIpc) is 3.02. The molecule has 3 aliphatic rings. The molecular formula is C23H16F3N4O+. The summed E-state index contributed by atoms with van der Waals surface area (Å²) in [6.07, 6.45) is 10.9. The lowest BCUT2D eigenvalue weighted by molar-refractivity contribution is -0.750. The van der Waals surface area contributed by atoms with Crippen molar-refractivity contribution in [3.05, 3.63) is 113 Å². The van der Waals surface area contributed by atoms with Gasteiger partial charge >= 0.3 is 0 Å². The standard InChI is InChI=1S/C23H16F3N4O/c24-18-9-14(10-19(25)21(18)26)13-31-17-6-2-5-16(11-17)23-29-22(15-3-1-4-15)20-12-28-7-8-30(20,23)27/h1-12H,13,27H2/q+1. The number of rotatable bonds is 5. The maximum absolute atomic E-state index is 13.4. The van der Waals surface area contributed by atoms with Crippen LogP contribution < -0.4 is 10.6 Å². The summed E-state index contributed by atoms with van der Waals surface area (Å²) in [6, 6.07) is 8.88. The third-order valence-electron chi connectivity index (χ3n) is 5.16. The molecule has 31 heavy (non-hydrogen) atoms. The molecule has 2 heterocycles. The van der Waals surface area contributed by atoms with Gasteiger partial charge in [0, 0.05) is 5.57 Å². The van der Waals surface area contributed by atoms with Gasteiger partial charge in [-0.15, -0.1) is 4.59 Å². The Labute approximate surface area is 175 Å². The quantitative estimate of drug-likeness (QED) is 0.442. The minimum Gasteiger partial charge on any atom is -0.489 e. The lowest BCUT2D eigenvalue weighted by Crippen LogP contribution is -2.53. The second-order valence-corrected chi connectivity index (χ2v) is 7.19. The minimum atomic E-state index is -1.50. The summed E-state index contributed by atoms with van der Waals surface area (Å²) in [7, 11) is 0. The monoisotopic (exact) mass is 421 g/mol. The third kappa shape index (κ3) is 3.22. The number of hydrogen-bond acceptors (Lipinski definition) is 4. The molecule has 2 N–H and O–H groups in total. The molecule has 0 spiro atoms. The molecule has 8 heteroatoms. The number of fused-ring (bicyclic) bond motifs is 1. The van der Waals surface area contributed by atoms with E-state index in [0.717, 1.165) is 29.1 Å². The highest BCUT2D eigenvalue weighted by Crippen LogP contribution is 2.36. The number of nitrogens with two attached hydrogens (primary N) is 1. The predicted octanol–water partition coefficient (Wildman–Crippen LogP) is 4.40. The first-order valence-electron chi connectivity index (χ1n) is 9.43. The molecule has 2 aromatic carbocycles. The molecule has 0 radical (unpaired) electrons. The van der Waals surface area contributed by atoms with Gasteiger partial charge in [-0.1, -0.05) is 24.3 Å². The van der Waals surface area contributed by atoms with Gasteiger partial charge in [0.2, 0.25) is 5.70 Å². The number of quaternary nitrogens is 1. The van der Waals surface area contributed by atoms with Crippen molar-refractivity contribution >= 4 is 12.1 Å². The molecule has 5 rings (SSSR count). The Morgan fingerprint density at radius 2 is 1.84 bits per heavy atom. The summed E-state index contributed by atoms with van der Waals surface area (Å²) < 4.78 is 45.6. The number of hydrogen-bond donors (Lipinski definition) is 1. The van der Waals surface area contributed by atoms with Crippen LogP contribution >= 0.6 is 0 Å². The Morgan fingerprint density at radius 3 is 2.55 bits per heavy atom. The summed E-state index contributed by atoms with van der Waals surface area (Å²) in [5.74, 6) is 3.68. The summed E-state index contributed by atoms with van der Waals surface area (Å²) in [6.45, 7) is -0.133. The summed E-state index contributed by atoms with van der Waals surface area (Å²) in [4.78, 5) is 8.96. The highest BCUT2D eigenvalue weighted by Gasteiger charge is 2.44. The molecule has 0 bridgehead atoms. The van der Waals surface area contributed by atoms with Crippen molar-refractivity contribution in [1.82, 2.24) is 0 Å². The topological polar surface area (TPSA) is 60.0 Å². The number of ether oxygens (including phenoxy) is 1. The first-order chi connectivity index (χ1) is 15.0. The summed E-state index contributed by atoms with van der Waals surface area (Å²) >= 11 is 0. The van der Waals surface area contributed by atoms with E-state index in [-0.39, 0.29) is 16.8 Å². The fraction of sp³-hybridized carbons (Fsp3) is 0.0435. The Bertz CT molecular complexity index is 1270. The first kappa shape index (κ1) is 19.2. The van der Waals surface area contributed by atoms with Gasteiger partial charge in [0.1, 0.15) is 24.3 Å². The third-order valence-corrected chi connectivity index (χ3v) is 5.16. The summed E-state index contributed by atoms with van der Waals surface area (Å²) in [5, 5.41) is 0. The number of amidine groups is 1. The Kier molecular flexibility index (Phi) is 4.46. The molecule has 0 saturated heterocycles.